The van der Waals surface area contributed by atoms with Crippen molar-refractivity contribution in [2.24, 2.45) is 0 Å². The van der Waals surface area contributed by atoms with E-state index in [9.17, 15) is 10.1 Å². The number of benzene rings is 1. The molecule has 2 aromatic rings. The Bertz CT molecular complexity index is 835. The van der Waals surface area contributed by atoms with Crippen molar-refractivity contribution in [1.82, 2.24) is 4.57 Å². The highest BCUT2D eigenvalue weighted by molar-refractivity contribution is 6.10. The fourth-order valence-electron chi connectivity index (χ4n) is 2.95. The first-order valence-corrected chi connectivity index (χ1v) is 8.02. The molecule has 24 heavy (non-hydrogen) atoms. The van der Waals surface area contributed by atoms with Crippen LogP contribution in [0.25, 0.3) is 6.08 Å². The van der Waals surface area contributed by atoms with Gasteiger partial charge in [0.05, 0.1) is 0 Å². The Morgan fingerprint density at radius 1 is 1.25 bits per heavy atom. The van der Waals surface area contributed by atoms with Gasteiger partial charge in [0.15, 0.2) is 0 Å². The third kappa shape index (κ3) is 3.57. The summed E-state index contributed by atoms with van der Waals surface area (Å²) in [4.78, 5) is 12.4. The molecule has 1 aromatic heterocycles. The Morgan fingerprint density at radius 2 is 1.92 bits per heavy atom. The van der Waals surface area contributed by atoms with Gasteiger partial charge < -0.3 is 9.88 Å². The summed E-state index contributed by atoms with van der Waals surface area (Å²) in [6, 6.07) is 11.9. The Hall–Kier alpha value is -2.80. The van der Waals surface area contributed by atoms with Crippen LogP contribution >= 0.6 is 0 Å². The van der Waals surface area contributed by atoms with E-state index in [1.54, 1.807) is 6.08 Å². The monoisotopic (exact) mass is 321 g/mol. The fraction of sp³-hybridized carbons (Fsp3) is 0.300. The van der Waals surface area contributed by atoms with Crippen LogP contribution in [0, 0.1) is 32.1 Å². The van der Waals surface area contributed by atoms with E-state index in [1.165, 1.54) is 0 Å². The molecule has 0 aliphatic carbocycles. The Kier molecular flexibility index (Phi) is 5.25. The number of hydrogen-bond donors (Lipinski definition) is 1. The summed E-state index contributed by atoms with van der Waals surface area (Å²) in [5.41, 5.74) is 4.85. The number of rotatable bonds is 4. The zero-order valence-corrected chi connectivity index (χ0v) is 14.8. The maximum Gasteiger partial charge on any atom is 0.266 e. The molecule has 1 heterocycles. The molecule has 4 heteroatoms. The molecule has 0 spiro atoms. The maximum absolute atomic E-state index is 12.4. The molecule has 0 saturated heterocycles. The molecule has 1 N–H and O–H groups in total. The lowest BCUT2D eigenvalue weighted by Gasteiger charge is -2.13. The topological polar surface area (TPSA) is 57.8 Å². The predicted octanol–water partition coefficient (Wildman–Crippen LogP) is 4.54. The number of para-hydroxylation sites is 1. The van der Waals surface area contributed by atoms with Crippen molar-refractivity contribution in [2.45, 2.75) is 40.7 Å². The Labute approximate surface area is 143 Å². The van der Waals surface area contributed by atoms with Crippen LogP contribution in [0.1, 0.15) is 42.4 Å². The van der Waals surface area contributed by atoms with E-state index < -0.39 is 0 Å². The number of nitriles is 1. The van der Waals surface area contributed by atoms with Gasteiger partial charge in [-0.05, 0) is 64.0 Å². The van der Waals surface area contributed by atoms with Crippen molar-refractivity contribution in [3.05, 3.63) is 58.4 Å². The van der Waals surface area contributed by atoms with Crippen molar-refractivity contribution < 1.29 is 4.79 Å². The molecule has 1 amide bonds. The number of aryl methyl sites for hydroxylation is 2. The first kappa shape index (κ1) is 17.6. The van der Waals surface area contributed by atoms with E-state index in [0.717, 1.165) is 28.2 Å². The van der Waals surface area contributed by atoms with Crippen LogP contribution in [-0.2, 0) is 4.79 Å². The van der Waals surface area contributed by atoms with Gasteiger partial charge in [-0.15, -0.1) is 0 Å². The van der Waals surface area contributed by atoms with Gasteiger partial charge in [0.1, 0.15) is 11.6 Å². The minimum Gasteiger partial charge on any atom is -0.346 e. The molecular weight excluding hydrogens is 298 g/mol. The van der Waals surface area contributed by atoms with Gasteiger partial charge >= 0.3 is 0 Å². The van der Waals surface area contributed by atoms with Crippen LogP contribution < -0.4 is 5.32 Å². The lowest BCUT2D eigenvalue weighted by Crippen LogP contribution is -2.14. The quantitative estimate of drug-likeness (QED) is 0.664. The summed E-state index contributed by atoms with van der Waals surface area (Å²) in [7, 11) is 0. The molecule has 0 saturated carbocycles. The molecule has 0 radical (unpaired) electrons. The van der Waals surface area contributed by atoms with Crippen LogP contribution in [0.4, 0.5) is 5.69 Å². The van der Waals surface area contributed by atoms with Crippen LogP contribution in [0.3, 0.4) is 0 Å². The average molecular weight is 321 g/mol. The smallest absolute Gasteiger partial charge is 0.266 e. The van der Waals surface area contributed by atoms with Gasteiger partial charge in [0.25, 0.3) is 5.91 Å². The number of carbonyl (C=O) groups is 1. The highest BCUT2D eigenvalue weighted by atomic mass is 16.1. The number of hydrogen-bond acceptors (Lipinski definition) is 2. The molecular formula is C20H23N3O. The normalized spacial score (nSPS) is 11.5. The molecule has 0 aliphatic heterocycles. The summed E-state index contributed by atoms with van der Waals surface area (Å²) in [5.74, 6) is -0.388. The number of carbonyl (C=O) groups excluding carboxylic acids is 1. The second-order valence-corrected chi connectivity index (χ2v) is 6.23. The second-order valence-electron chi connectivity index (χ2n) is 6.23. The van der Waals surface area contributed by atoms with Crippen LogP contribution in [0.5, 0.6) is 0 Å². The number of aromatic nitrogens is 1. The van der Waals surface area contributed by atoms with Gasteiger partial charge in [0, 0.05) is 23.1 Å². The third-order valence-electron chi connectivity index (χ3n) is 4.10. The van der Waals surface area contributed by atoms with E-state index in [-0.39, 0.29) is 11.5 Å². The molecule has 0 bridgehead atoms. The van der Waals surface area contributed by atoms with Gasteiger partial charge in [0.2, 0.25) is 0 Å². The Balaban J connectivity index is 2.33. The van der Waals surface area contributed by atoms with Crippen molar-refractivity contribution in [1.29, 1.82) is 5.26 Å². The maximum atomic E-state index is 12.4. The van der Waals surface area contributed by atoms with Crippen LogP contribution in [0.15, 0.2) is 35.9 Å². The van der Waals surface area contributed by atoms with Gasteiger partial charge in [-0.3, -0.25) is 4.79 Å². The van der Waals surface area contributed by atoms with E-state index in [2.05, 4.69) is 23.7 Å². The lowest BCUT2D eigenvalue weighted by atomic mass is 10.1. The fourth-order valence-corrected chi connectivity index (χ4v) is 2.95. The van der Waals surface area contributed by atoms with Gasteiger partial charge in [-0.25, -0.2) is 0 Å². The standard InChI is InChI=1S/C20H23N3O/c1-13(2)23-15(4)10-17(16(23)5)11-18(12-21)20(24)22-19-9-7-6-8-14(19)3/h6-11,13H,1-5H3,(H,22,24)/b18-11+. The van der Waals surface area contributed by atoms with Gasteiger partial charge in [-0.2, -0.15) is 5.26 Å². The largest absolute Gasteiger partial charge is 0.346 e. The zero-order valence-electron chi connectivity index (χ0n) is 14.8. The van der Waals surface area contributed by atoms with Crippen LogP contribution in [0.2, 0.25) is 0 Å². The molecule has 0 aliphatic rings. The molecule has 4 nitrogen and oxygen atoms in total. The number of nitrogens with zero attached hydrogens (tertiary/aromatic N) is 2. The highest BCUT2D eigenvalue weighted by Crippen LogP contribution is 2.23. The lowest BCUT2D eigenvalue weighted by molar-refractivity contribution is -0.112. The second kappa shape index (κ2) is 7.18. The third-order valence-corrected chi connectivity index (χ3v) is 4.10. The molecule has 0 fully saturated rings. The molecule has 1 aromatic carbocycles. The van der Waals surface area contributed by atoms with Crippen molar-refractivity contribution in [3.8, 4) is 6.07 Å². The van der Waals surface area contributed by atoms with E-state index in [0.29, 0.717) is 6.04 Å². The first-order chi connectivity index (χ1) is 11.3. The number of anilines is 1. The SMILES string of the molecule is Cc1ccccc1NC(=O)/C(C#N)=C/c1cc(C)n(C(C)C)c1C. The summed E-state index contributed by atoms with van der Waals surface area (Å²) in [5, 5.41) is 12.2. The minimum absolute atomic E-state index is 0.0993. The average Bonchev–Trinajstić information content (AvgIpc) is 2.81. The zero-order chi connectivity index (χ0) is 17.9. The van der Waals surface area contributed by atoms with E-state index in [1.807, 2.05) is 57.2 Å². The molecule has 2 rings (SSSR count). The van der Waals surface area contributed by atoms with E-state index >= 15 is 0 Å². The van der Waals surface area contributed by atoms with Gasteiger partial charge in [-0.1, -0.05) is 18.2 Å². The Morgan fingerprint density at radius 3 is 2.46 bits per heavy atom. The number of amides is 1. The molecule has 0 unspecified atom stereocenters. The van der Waals surface area contributed by atoms with Crippen molar-refractivity contribution in [3.63, 3.8) is 0 Å². The summed E-state index contributed by atoms with van der Waals surface area (Å²) in [6.45, 7) is 10.2. The van der Waals surface area contributed by atoms with Crippen LogP contribution in [-0.4, -0.2) is 10.5 Å². The summed E-state index contributed by atoms with van der Waals surface area (Å²) < 4.78 is 2.19. The minimum atomic E-state index is -0.388. The molecule has 124 valence electrons. The molecule has 0 atom stereocenters. The predicted molar refractivity (Wildman–Crippen MR) is 97.7 cm³/mol. The van der Waals surface area contributed by atoms with Crippen molar-refractivity contribution in [2.75, 3.05) is 5.32 Å². The van der Waals surface area contributed by atoms with E-state index in [4.69, 9.17) is 0 Å². The first-order valence-electron chi connectivity index (χ1n) is 8.02. The summed E-state index contributed by atoms with van der Waals surface area (Å²) >= 11 is 0. The summed E-state index contributed by atoms with van der Waals surface area (Å²) in [6.07, 6.45) is 1.66. The highest BCUT2D eigenvalue weighted by Gasteiger charge is 2.14. The number of nitrogens with one attached hydrogen (secondary N) is 1. The van der Waals surface area contributed by atoms with Crippen molar-refractivity contribution >= 4 is 17.7 Å².